The molecule has 5 N–H and O–H groups in total. The van der Waals surface area contributed by atoms with Gasteiger partial charge in [-0.1, -0.05) is 17.7 Å². The molecular formula is C13H18O8S. The highest BCUT2D eigenvalue weighted by Crippen LogP contribution is 2.36. The van der Waals surface area contributed by atoms with Crippen molar-refractivity contribution >= 4 is 9.84 Å². The zero-order valence-corrected chi connectivity index (χ0v) is 12.5. The van der Waals surface area contributed by atoms with Crippen molar-refractivity contribution in [3.63, 3.8) is 0 Å². The lowest BCUT2D eigenvalue weighted by Crippen LogP contribution is -2.67. The monoisotopic (exact) mass is 334 g/mol. The fourth-order valence-electron chi connectivity index (χ4n) is 2.23. The van der Waals surface area contributed by atoms with Crippen LogP contribution in [0.4, 0.5) is 0 Å². The van der Waals surface area contributed by atoms with E-state index in [4.69, 9.17) is 9.84 Å². The van der Waals surface area contributed by atoms with Gasteiger partial charge in [0.2, 0.25) is 9.84 Å². The first kappa shape index (κ1) is 17.3. The number of hydrogen-bond donors (Lipinski definition) is 5. The Labute approximate surface area is 127 Å². The molecule has 124 valence electrons. The largest absolute Gasteiger partial charge is 0.394 e. The lowest BCUT2D eigenvalue weighted by atomic mass is 9.99. The van der Waals surface area contributed by atoms with Crippen LogP contribution in [0.1, 0.15) is 5.56 Å². The highest BCUT2D eigenvalue weighted by molar-refractivity contribution is 7.92. The summed E-state index contributed by atoms with van der Waals surface area (Å²) in [5, 5.41) is 45.5. The van der Waals surface area contributed by atoms with Crippen LogP contribution in [-0.4, -0.2) is 70.1 Å². The van der Waals surface area contributed by atoms with Gasteiger partial charge < -0.3 is 30.3 Å². The third kappa shape index (κ3) is 2.54. The van der Waals surface area contributed by atoms with Crippen LogP contribution in [0.15, 0.2) is 29.2 Å². The third-order valence-corrected chi connectivity index (χ3v) is 5.65. The molecule has 0 bridgehead atoms. The summed E-state index contributed by atoms with van der Waals surface area (Å²) in [4.78, 5) is -0.333. The Morgan fingerprint density at radius 3 is 2.18 bits per heavy atom. The van der Waals surface area contributed by atoms with E-state index in [2.05, 4.69) is 0 Å². The summed E-state index contributed by atoms with van der Waals surface area (Å²) < 4.78 is 29.9. The van der Waals surface area contributed by atoms with E-state index in [1.54, 1.807) is 6.92 Å². The molecule has 1 aliphatic heterocycles. The molecule has 0 amide bonds. The van der Waals surface area contributed by atoms with Crippen molar-refractivity contribution in [2.75, 3.05) is 6.61 Å². The van der Waals surface area contributed by atoms with Crippen LogP contribution in [0.5, 0.6) is 0 Å². The van der Waals surface area contributed by atoms with E-state index in [0.717, 1.165) is 5.56 Å². The smallest absolute Gasteiger partial charge is 0.306 e. The summed E-state index contributed by atoms with van der Waals surface area (Å²) >= 11 is 0. The lowest BCUT2D eigenvalue weighted by Gasteiger charge is -2.44. The van der Waals surface area contributed by atoms with Gasteiger partial charge in [-0.05, 0) is 19.1 Å². The Hall–Kier alpha value is -1.07. The molecule has 1 aromatic carbocycles. The van der Waals surface area contributed by atoms with Crippen LogP contribution in [0.25, 0.3) is 0 Å². The summed E-state index contributed by atoms with van der Waals surface area (Å²) in [5.41, 5.74) is 0.778. The average molecular weight is 334 g/mol. The van der Waals surface area contributed by atoms with Crippen LogP contribution < -0.4 is 0 Å². The highest BCUT2D eigenvalue weighted by Gasteiger charge is 2.60. The predicted molar refractivity (Wildman–Crippen MR) is 73.3 cm³/mol. The predicted octanol–water partition coefficient (Wildman–Crippen LogP) is -2.11. The topological polar surface area (TPSA) is 145 Å². The number of benzene rings is 1. The van der Waals surface area contributed by atoms with Crippen molar-refractivity contribution in [1.82, 2.24) is 0 Å². The summed E-state index contributed by atoms with van der Waals surface area (Å²) in [5.74, 6) is 0. The minimum Gasteiger partial charge on any atom is -0.394 e. The number of aliphatic hydroxyl groups is 5. The fourth-order valence-corrected chi connectivity index (χ4v) is 3.77. The van der Waals surface area contributed by atoms with Gasteiger partial charge in [-0.15, -0.1) is 0 Å². The molecule has 0 saturated carbocycles. The number of rotatable bonds is 3. The van der Waals surface area contributed by atoms with Crippen molar-refractivity contribution in [2.24, 2.45) is 0 Å². The van der Waals surface area contributed by atoms with Gasteiger partial charge >= 0.3 is 5.12 Å². The number of hydrogen-bond acceptors (Lipinski definition) is 8. The molecule has 0 aliphatic carbocycles. The number of sulfone groups is 1. The van der Waals surface area contributed by atoms with Gasteiger partial charge in [-0.2, -0.15) is 0 Å². The number of aryl methyl sites for hydroxylation is 1. The molecule has 5 atom stereocenters. The molecule has 0 spiro atoms. The number of aliphatic hydroxyl groups excluding tert-OH is 4. The van der Waals surface area contributed by atoms with E-state index in [1.807, 2.05) is 0 Å². The molecule has 1 aliphatic rings. The maximum absolute atomic E-state index is 12.5. The van der Waals surface area contributed by atoms with Crippen LogP contribution in [-0.2, 0) is 14.6 Å². The van der Waals surface area contributed by atoms with Crippen molar-refractivity contribution in [1.29, 1.82) is 0 Å². The molecule has 2 rings (SSSR count). The Bertz CT molecular complexity index is 626. The molecule has 0 radical (unpaired) electrons. The van der Waals surface area contributed by atoms with Gasteiger partial charge in [0.05, 0.1) is 11.5 Å². The van der Waals surface area contributed by atoms with Gasteiger partial charge in [-0.3, -0.25) is 0 Å². The normalized spacial score (nSPS) is 36.3. The molecule has 1 aromatic rings. The van der Waals surface area contributed by atoms with E-state index in [9.17, 15) is 28.8 Å². The zero-order valence-electron chi connectivity index (χ0n) is 11.7. The number of ether oxygens (including phenoxy) is 1. The summed E-state index contributed by atoms with van der Waals surface area (Å²) in [7, 11) is -4.63. The quantitative estimate of drug-likeness (QED) is 0.422. The molecule has 1 fully saturated rings. The SMILES string of the molecule is Cc1ccc(S(=O)(=O)[C@]2(O)O[C@H](CO)[C@@H](O)[C@H](O)[C@H]2O)cc1. The molecule has 0 unspecified atom stereocenters. The second-order valence-electron chi connectivity index (χ2n) is 5.21. The summed E-state index contributed by atoms with van der Waals surface area (Å²) in [6.45, 7) is 0.885. The van der Waals surface area contributed by atoms with Crippen molar-refractivity contribution < 1.29 is 38.7 Å². The summed E-state index contributed by atoms with van der Waals surface area (Å²) in [6.07, 6.45) is -7.62. The fraction of sp³-hybridized carbons (Fsp3) is 0.538. The van der Waals surface area contributed by atoms with Crippen LogP contribution in [0, 0.1) is 6.92 Å². The first-order chi connectivity index (χ1) is 10.1. The van der Waals surface area contributed by atoms with Crippen LogP contribution >= 0.6 is 0 Å². The Morgan fingerprint density at radius 2 is 1.68 bits per heavy atom. The minimum atomic E-state index is -4.63. The average Bonchev–Trinajstić information content (AvgIpc) is 2.49. The molecule has 22 heavy (non-hydrogen) atoms. The van der Waals surface area contributed by atoms with E-state index >= 15 is 0 Å². The molecular weight excluding hydrogens is 316 g/mol. The van der Waals surface area contributed by atoms with Gasteiger partial charge in [-0.25, -0.2) is 8.42 Å². The molecule has 1 heterocycles. The molecule has 1 saturated heterocycles. The van der Waals surface area contributed by atoms with Gasteiger partial charge in [0.1, 0.15) is 18.3 Å². The van der Waals surface area contributed by atoms with Crippen molar-refractivity contribution in [3.8, 4) is 0 Å². The second-order valence-corrected chi connectivity index (χ2v) is 7.28. The van der Waals surface area contributed by atoms with Crippen molar-refractivity contribution in [3.05, 3.63) is 29.8 Å². The van der Waals surface area contributed by atoms with E-state index in [0.29, 0.717) is 0 Å². The van der Waals surface area contributed by atoms with Gasteiger partial charge in [0.25, 0.3) is 0 Å². The Kier molecular flexibility index (Phi) is 4.60. The standard InChI is InChI=1S/C13H18O8S/c1-7-2-4-8(5-3-7)22(19,20)13(18)12(17)11(16)10(15)9(6-14)21-13/h2-5,9-12,14-18H,6H2,1H3/t9-,10-,11+,12-,13-/m1/s1. The van der Waals surface area contributed by atoms with E-state index in [-0.39, 0.29) is 4.90 Å². The Morgan fingerprint density at radius 1 is 1.14 bits per heavy atom. The lowest BCUT2D eigenvalue weighted by molar-refractivity contribution is -0.309. The first-order valence-electron chi connectivity index (χ1n) is 6.51. The van der Waals surface area contributed by atoms with Gasteiger partial charge in [0.15, 0.2) is 6.10 Å². The second kappa shape index (κ2) is 5.85. The Balaban J connectivity index is 2.49. The zero-order chi connectivity index (χ0) is 16.7. The molecule has 0 aromatic heterocycles. The van der Waals surface area contributed by atoms with Crippen LogP contribution in [0.3, 0.4) is 0 Å². The summed E-state index contributed by atoms with van der Waals surface area (Å²) in [6, 6.07) is 5.40. The van der Waals surface area contributed by atoms with E-state index < -0.39 is 46.0 Å². The van der Waals surface area contributed by atoms with Gasteiger partial charge in [0, 0.05) is 0 Å². The maximum atomic E-state index is 12.5. The maximum Gasteiger partial charge on any atom is 0.306 e. The van der Waals surface area contributed by atoms with Crippen molar-refractivity contribution in [2.45, 2.75) is 41.4 Å². The van der Waals surface area contributed by atoms with E-state index in [1.165, 1.54) is 24.3 Å². The molecule has 9 heteroatoms. The first-order valence-corrected chi connectivity index (χ1v) is 8.00. The minimum absolute atomic E-state index is 0.333. The highest BCUT2D eigenvalue weighted by atomic mass is 32.2. The molecule has 8 nitrogen and oxygen atoms in total. The third-order valence-electron chi connectivity index (χ3n) is 3.64. The van der Waals surface area contributed by atoms with Crippen LogP contribution in [0.2, 0.25) is 0 Å².